The van der Waals surface area contributed by atoms with Gasteiger partial charge in [0.15, 0.2) is 0 Å². The zero-order valence-electron chi connectivity index (χ0n) is 13.4. The predicted octanol–water partition coefficient (Wildman–Crippen LogP) is 3.09. The molecule has 5 heteroatoms. The molecule has 0 atom stereocenters. The van der Waals surface area contributed by atoms with Gasteiger partial charge in [-0.05, 0) is 31.9 Å². The molecule has 0 aliphatic rings. The number of para-hydroxylation sites is 1. The van der Waals surface area contributed by atoms with Gasteiger partial charge in [-0.2, -0.15) is 5.10 Å². The highest BCUT2D eigenvalue weighted by Crippen LogP contribution is 2.18. The summed E-state index contributed by atoms with van der Waals surface area (Å²) in [7, 11) is 1.85. The van der Waals surface area contributed by atoms with Crippen LogP contribution in [0.25, 0.3) is 0 Å². The van der Waals surface area contributed by atoms with E-state index in [4.69, 9.17) is 4.74 Å². The van der Waals surface area contributed by atoms with E-state index in [0.717, 1.165) is 29.2 Å². The van der Waals surface area contributed by atoms with Crippen molar-refractivity contribution in [3.63, 3.8) is 0 Å². The van der Waals surface area contributed by atoms with Crippen molar-refractivity contribution in [2.75, 3.05) is 11.9 Å². The number of benzene rings is 1. The lowest BCUT2D eigenvalue weighted by molar-refractivity contribution is -0.116. The summed E-state index contributed by atoms with van der Waals surface area (Å²) >= 11 is 0. The Morgan fingerprint density at radius 2 is 2.05 bits per heavy atom. The number of ether oxygens (including phenoxy) is 1. The van der Waals surface area contributed by atoms with Crippen LogP contribution in [0.4, 0.5) is 5.82 Å². The van der Waals surface area contributed by atoms with Gasteiger partial charge in [0.25, 0.3) is 0 Å². The molecule has 5 nitrogen and oxygen atoms in total. The molecule has 0 fully saturated rings. The molecule has 0 radical (unpaired) electrons. The summed E-state index contributed by atoms with van der Waals surface area (Å²) in [4.78, 5) is 12.0. The first-order valence-electron chi connectivity index (χ1n) is 7.62. The average Bonchev–Trinajstić information content (AvgIpc) is 2.80. The third-order valence-corrected chi connectivity index (χ3v) is 3.54. The molecule has 0 spiro atoms. The first-order chi connectivity index (χ1) is 10.6. The van der Waals surface area contributed by atoms with E-state index >= 15 is 0 Å². The van der Waals surface area contributed by atoms with Crippen LogP contribution in [0.5, 0.6) is 5.75 Å². The zero-order valence-corrected chi connectivity index (χ0v) is 13.4. The third kappa shape index (κ3) is 4.10. The first-order valence-corrected chi connectivity index (χ1v) is 7.62. The third-order valence-electron chi connectivity index (χ3n) is 3.54. The van der Waals surface area contributed by atoms with Crippen LogP contribution in [0.1, 0.15) is 31.0 Å². The maximum Gasteiger partial charge on any atom is 0.225 e. The molecule has 1 N–H and O–H groups in total. The number of anilines is 1. The Morgan fingerprint density at radius 1 is 1.32 bits per heavy atom. The second kappa shape index (κ2) is 7.64. The second-order valence-electron chi connectivity index (χ2n) is 5.21. The van der Waals surface area contributed by atoms with E-state index in [-0.39, 0.29) is 5.91 Å². The summed E-state index contributed by atoms with van der Waals surface area (Å²) < 4.78 is 7.31. The van der Waals surface area contributed by atoms with Crippen molar-refractivity contribution >= 4 is 11.7 Å². The van der Waals surface area contributed by atoms with Gasteiger partial charge in [-0.3, -0.25) is 9.48 Å². The Bertz CT molecular complexity index is 620. The smallest absolute Gasteiger partial charge is 0.225 e. The largest absolute Gasteiger partial charge is 0.494 e. The topological polar surface area (TPSA) is 56.2 Å². The maximum absolute atomic E-state index is 12.0. The van der Waals surface area contributed by atoms with Crippen molar-refractivity contribution in [2.45, 2.75) is 33.1 Å². The van der Waals surface area contributed by atoms with Crippen molar-refractivity contribution in [2.24, 2.45) is 7.05 Å². The minimum atomic E-state index is -0.00888. The van der Waals surface area contributed by atoms with E-state index in [0.29, 0.717) is 19.4 Å². The number of hydrogen-bond donors (Lipinski definition) is 1. The number of carbonyl (C=O) groups is 1. The number of rotatable bonds is 7. The van der Waals surface area contributed by atoms with E-state index in [1.54, 1.807) is 4.68 Å². The Morgan fingerprint density at radius 3 is 2.68 bits per heavy atom. The van der Waals surface area contributed by atoms with Gasteiger partial charge in [0.1, 0.15) is 11.6 Å². The van der Waals surface area contributed by atoms with Crippen LogP contribution >= 0.6 is 0 Å². The van der Waals surface area contributed by atoms with Crippen LogP contribution in [-0.4, -0.2) is 22.3 Å². The molecule has 0 aliphatic heterocycles. The molecular formula is C17H23N3O2. The van der Waals surface area contributed by atoms with Gasteiger partial charge in [0.05, 0.1) is 12.3 Å². The molecule has 118 valence electrons. The molecule has 0 unspecified atom stereocenters. The standard InChI is InChI=1S/C17H23N3O2/c1-4-15-13(2)17(20(3)19-15)18-16(21)11-8-12-22-14-9-6-5-7-10-14/h5-7,9-10H,4,8,11-12H2,1-3H3,(H,18,21). The SMILES string of the molecule is CCc1nn(C)c(NC(=O)CCCOc2ccccc2)c1C. The van der Waals surface area contributed by atoms with Crippen molar-refractivity contribution in [3.8, 4) is 5.75 Å². The van der Waals surface area contributed by atoms with Crippen molar-refractivity contribution in [3.05, 3.63) is 41.6 Å². The highest BCUT2D eigenvalue weighted by atomic mass is 16.5. The molecule has 1 aromatic heterocycles. The lowest BCUT2D eigenvalue weighted by Gasteiger charge is -2.08. The van der Waals surface area contributed by atoms with Crippen LogP contribution < -0.4 is 10.1 Å². The molecule has 0 aliphatic carbocycles. The van der Waals surface area contributed by atoms with Gasteiger partial charge in [0.2, 0.25) is 5.91 Å². The molecule has 2 aromatic rings. The Labute approximate surface area is 131 Å². The molecule has 1 amide bonds. The fourth-order valence-corrected chi connectivity index (χ4v) is 2.33. The number of nitrogens with zero attached hydrogens (tertiary/aromatic N) is 2. The lowest BCUT2D eigenvalue weighted by Crippen LogP contribution is -2.15. The first kappa shape index (κ1) is 16.1. The molecule has 2 rings (SSSR count). The Balaban J connectivity index is 1.78. The number of hydrogen-bond acceptors (Lipinski definition) is 3. The summed E-state index contributed by atoms with van der Waals surface area (Å²) in [5.74, 6) is 1.61. The Hall–Kier alpha value is -2.30. The summed E-state index contributed by atoms with van der Waals surface area (Å²) in [6.07, 6.45) is 1.97. The van der Waals surface area contributed by atoms with Crippen LogP contribution in [0.3, 0.4) is 0 Å². The normalized spacial score (nSPS) is 10.5. The maximum atomic E-state index is 12.0. The zero-order chi connectivity index (χ0) is 15.9. The second-order valence-corrected chi connectivity index (χ2v) is 5.21. The van der Waals surface area contributed by atoms with Gasteiger partial charge in [-0.1, -0.05) is 25.1 Å². The van der Waals surface area contributed by atoms with Crippen molar-refractivity contribution in [1.82, 2.24) is 9.78 Å². The number of nitrogens with one attached hydrogen (secondary N) is 1. The van der Waals surface area contributed by atoms with Gasteiger partial charge in [0, 0.05) is 19.0 Å². The average molecular weight is 301 g/mol. The van der Waals surface area contributed by atoms with E-state index in [1.807, 2.05) is 44.3 Å². The van der Waals surface area contributed by atoms with Gasteiger partial charge in [-0.25, -0.2) is 0 Å². The summed E-state index contributed by atoms with van der Waals surface area (Å²) in [6.45, 7) is 4.57. The number of aryl methyl sites for hydroxylation is 2. The van der Waals surface area contributed by atoms with Crippen molar-refractivity contribution in [1.29, 1.82) is 0 Å². The number of amides is 1. The van der Waals surface area contributed by atoms with Gasteiger partial charge < -0.3 is 10.1 Å². The van der Waals surface area contributed by atoms with Crippen LogP contribution in [-0.2, 0) is 18.3 Å². The summed E-state index contributed by atoms with van der Waals surface area (Å²) in [6, 6.07) is 9.62. The van der Waals surface area contributed by atoms with E-state index < -0.39 is 0 Å². The monoisotopic (exact) mass is 301 g/mol. The molecule has 0 bridgehead atoms. The van der Waals surface area contributed by atoms with Crippen LogP contribution in [0, 0.1) is 6.92 Å². The fraction of sp³-hybridized carbons (Fsp3) is 0.412. The van der Waals surface area contributed by atoms with E-state index in [1.165, 1.54) is 0 Å². The van der Waals surface area contributed by atoms with E-state index in [2.05, 4.69) is 17.3 Å². The van der Waals surface area contributed by atoms with Gasteiger partial charge >= 0.3 is 0 Å². The molecular weight excluding hydrogens is 278 g/mol. The van der Waals surface area contributed by atoms with E-state index in [9.17, 15) is 4.79 Å². The molecule has 1 heterocycles. The predicted molar refractivity (Wildman–Crippen MR) is 87.1 cm³/mol. The van der Waals surface area contributed by atoms with Crippen molar-refractivity contribution < 1.29 is 9.53 Å². The number of aromatic nitrogens is 2. The Kier molecular flexibility index (Phi) is 5.58. The fourth-order valence-electron chi connectivity index (χ4n) is 2.33. The van der Waals surface area contributed by atoms with Gasteiger partial charge in [-0.15, -0.1) is 0 Å². The highest BCUT2D eigenvalue weighted by molar-refractivity contribution is 5.90. The minimum Gasteiger partial charge on any atom is -0.494 e. The minimum absolute atomic E-state index is 0.00888. The van der Waals surface area contributed by atoms with Crippen LogP contribution in [0.2, 0.25) is 0 Å². The summed E-state index contributed by atoms with van der Waals surface area (Å²) in [5.41, 5.74) is 2.06. The highest BCUT2D eigenvalue weighted by Gasteiger charge is 2.13. The summed E-state index contributed by atoms with van der Waals surface area (Å²) in [5, 5.41) is 7.33. The quantitative estimate of drug-likeness (QED) is 0.800. The molecule has 0 saturated carbocycles. The van der Waals surface area contributed by atoms with Crippen LogP contribution in [0.15, 0.2) is 30.3 Å². The molecule has 0 saturated heterocycles. The molecule has 1 aromatic carbocycles. The molecule has 22 heavy (non-hydrogen) atoms. The number of carbonyl (C=O) groups excluding carboxylic acids is 1. The lowest BCUT2D eigenvalue weighted by atomic mass is 10.2.